The summed E-state index contributed by atoms with van der Waals surface area (Å²) >= 11 is 8.05. The van der Waals surface area contributed by atoms with Crippen molar-refractivity contribution in [3.63, 3.8) is 0 Å². The highest BCUT2D eigenvalue weighted by Crippen LogP contribution is 2.38. The first-order valence-corrected chi connectivity index (χ1v) is 11.0. The van der Waals surface area contributed by atoms with Crippen LogP contribution in [0.15, 0.2) is 66.7 Å². The normalized spacial score (nSPS) is 11.5. The minimum Gasteiger partial charge on any atom is -0.384 e. The SMILES string of the molecule is CC(=O)Nc1cccc(-c2ccc(-c3cc(C(C)(C)O)nn3-c3ccccc3Cl)s2)c1. The quantitative estimate of drug-likeness (QED) is 0.385. The van der Waals surface area contributed by atoms with Crippen LogP contribution in [0.3, 0.4) is 0 Å². The number of nitrogens with one attached hydrogen (secondary N) is 1. The Bertz CT molecular complexity index is 1250. The molecule has 0 radical (unpaired) electrons. The number of carbonyl (C=O) groups excluding carboxylic acids is 1. The standard InChI is InChI=1S/C24H22ClN3O2S/c1-15(29)26-17-8-6-7-16(13-17)21-11-12-22(31-21)20-14-23(24(2,3)30)27-28(20)19-10-5-4-9-18(19)25/h4-14,30H,1-3H3,(H,26,29). The van der Waals surface area contributed by atoms with E-state index in [1.165, 1.54) is 6.92 Å². The van der Waals surface area contributed by atoms with Gasteiger partial charge in [-0.2, -0.15) is 5.10 Å². The summed E-state index contributed by atoms with van der Waals surface area (Å²) in [5.41, 5.74) is 2.83. The van der Waals surface area contributed by atoms with Crippen LogP contribution >= 0.6 is 22.9 Å². The van der Waals surface area contributed by atoms with E-state index in [1.807, 2.05) is 66.7 Å². The van der Waals surface area contributed by atoms with Crippen LogP contribution in [-0.2, 0) is 10.4 Å². The van der Waals surface area contributed by atoms with Gasteiger partial charge < -0.3 is 10.4 Å². The average molecular weight is 452 g/mol. The first-order chi connectivity index (χ1) is 14.7. The van der Waals surface area contributed by atoms with E-state index in [0.717, 1.165) is 32.4 Å². The third-order valence-corrected chi connectivity index (χ3v) is 6.22. The number of thiophene rings is 1. The van der Waals surface area contributed by atoms with Gasteiger partial charge in [0.05, 0.1) is 27.0 Å². The number of hydrogen-bond donors (Lipinski definition) is 2. The molecule has 4 rings (SSSR count). The zero-order valence-electron chi connectivity index (χ0n) is 17.4. The van der Waals surface area contributed by atoms with Gasteiger partial charge >= 0.3 is 0 Å². The second kappa shape index (κ2) is 8.30. The Morgan fingerprint density at radius 1 is 1.06 bits per heavy atom. The highest BCUT2D eigenvalue weighted by molar-refractivity contribution is 7.18. The molecule has 0 aliphatic carbocycles. The Hall–Kier alpha value is -2.93. The van der Waals surface area contributed by atoms with Gasteiger partial charge in [0, 0.05) is 17.5 Å². The molecule has 2 aromatic carbocycles. The number of aliphatic hydroxyl groups is 1. The lowest BCUT2D eigenvalue weighted by atomic mass is 10.1. The summed E-state index contributed by atoms with van der Waals surface area (Å²) < 4.78 is 1.78. The fraction of sp³-hybridized carbons (Fsp3) is 0.167. The molecule has 5 nitrogen and oxygen atoms in total. The summed E-state index contributed by atoms with van der Waals surface area (Å²) in [6.45, 7) is 4.92. The zero-order valence-corrected chi connectivity index (χ0v) is 19.0. The maximum Gasteiger partial charge on any atom is 0.221 e. The third-order valence-electron chi connectivity index (χ3n) is 4.74. The molecule has 0 aliphatic heterocycles. The van der Waals surface area contributed by atoms with Crippen molar-refractivity contribution in [2.24, 2.45) is 0 Å². The van der Waals surface area contributed by atoms with Crippen molar-refractivity contribution in [2.45, 2.75) is 26.4 Å². The fourth-order valence-corrected chi connectivity index (χ4v) is 4.47. The number of aromatic nitrogens is 2. The average Bonchev–Trinajstić information content (AvgIpc) is 3.35. The number of amides is 1. The smallest absolute Gasteiger partial charge is 0.221 e. The molecule has 1 amide bonds. The van der Waals surface area contributed by atoms with E-state index in [1.54, 1.807) is 29.9 Å². The monoisotopic (exact) mass is 451 g/mol. The highest BCUT2D eigenvalue weighted by Gasteiger charge is 2.24. The van der Waals surface area contributed by atoms with E-state index >= 15 is 0 Å². The molecule has 0 saturated carbocycles. The lowest BCUT2D eigenvalue weighted by Crippen LogP contribution is -2.16. The van der Waals surface area contributed by atoms with E-state index in [-0.39, 0.29) is 5.91 Å². The number of rotatable bonds is 5. The number of benzene rings is 2. The minimum absolute atomic E-state index is 0.105. The third kappa shape index (κ3) is 4.56. The molecule has 2 heterocycles. The van der Waals surface area contributed by atoms with Gasteiger partial charge in [-0.3, -0.25) is 4.79 Å². The van der Waals surface area contributed by atoms with E-state index < -0.39 is 5.60 Å². The summed E-state index contributed by atoms with van der Waals surface area (Å²) in [6.07, 6.45) is 0. The predicted molar refractivity (Wildman–Crippen MR) is 127 cm³/mol. The van der Waals surface area contributed by atoms with Crippen LogP contribution in [0.1, 0.15) is 26.5 Å². The molecular weight excluding hydrogens is 430 g/mol. The van der Waals surface area contributed by atoms with Gasteiger partial charge in [-0.15, -0.1) is 11.3 Å². The van der Waals surface area contributed by atoms with E-state index in [2.05, 4.69) is 10.4 Å². The number of halogens is 1. The van der Waals surface area contributed by atoms with Gasteiger partial charge in [-0.05, 0) is 61.9 Å². The van der Waals surface area contributed by atoms with Crippen molar-refractivity contribution in [2.75, 3.05) is 5.32 Å². The lowest BCUT2D eigenvalue weighted by molar-refractivity contribution is -0.114. The van der Waals surface area contributed by atoms with Gasteiger partial charge in [-0.25, -0.2) is 4.68 Å². The molecule has 31 heavy (non-hydrogen) atoms. The maximum atomic E-state index is 11.4. The Labute approximate surface area is 189 Å². The Morgan fingerprint density at radius 3 is 2.52 bits per heavy atom. The number of anilines is 1. The summed E-state index contributed by atoms with van der Waals surface area (Å²) in [5, 5.41) is 18.6. The second-order valence-electron chi connectivity index (χ2n) is 7.76. The van der Waals surface area contributed by atoms with Gasteiger partial charge in [-0.1, -0.05) is 35.9 Å². The van der Waals surface area contributed by atoms with Crippen LogP contribution in [-0.4, -0.2) is 20.8 Å². The topological polar surface area (TPSA) is 67.2 Å². The molecule has 0 aliphatic rings. The van der Waals surface area contributed by atoms with Crippen molar-refractivity contribution >= 4 is 34.5 Å². The molecule has 4 aromatic rings. The van der Waals surface area contributed by atoms with E-state index in [0.29, 0.717) is 10.7 Å². The van der Waals surface area contributed by atoms with Crippen molar-refractivity contribution in [1.29, 1.82) is 0 Å². The molecule has 0 bridgehead atoms. The summed E-state index contributed by atoms with van der Waals surface area (Å²) in [7, 11) is 0. The number of para-hydroxylation sites is 1. The number of carbonyl (C=O) groups is 1. The van der Waals surface area contributed by atoms with Crippen LogP contribution in [0, 0.1) is 0 Å². The Kier molecular flexibility index (Phi) is 5.71. The Morgan fingerprint density at radius 2 is 1.81 bits per heavy atom. The largest absolute Gasteiger partial charge is 0.384 e. The van der Waals surface area contributed by atoms with Crippen LogP contribution in [0.25, 0.3) is 26.7 Å². The van der Waals surface area contributed by atoms with Crippen molar-refractivity contribution in [3.8, 4) is 26.7 Å². The molecule has 0 fully saturated rings. The lowest BCUT2D eigenvalue weighted by Gasteiger charge is -2.13. The molecule has 0 atom stereocenters. The maximum absolute atomic E-state index is 11.4. The Balaban J connectivity index is 1.79. The van der Waals surface area contributed by atoms with Crippen molar-refractivity contribution in [1.82, 2.24) is 9.78 Å². The number of hydrogen-bond acceptors (Lipinski definition) is 4. The fourth-order valence-electron chi connectivity index (χ4n) is 3.25. The molecule has 7 heteroatoms. The van der Waals surface area contributed by atoms with E-state index in [9.17, 15) is 9.90 Å². The van der Waals surface area contributed by atoms with Crippen LogP contribution < -0.4 is 5.32 Å². The van der Waals surface area contributed by atoms with Gasteiger partial charge in [0.15, 0.2) is 0 Å². The predicted octanol–water partition coefficient (Wildman–Crippen LogP) is 6.11. The van der Waals surface area contributed by atoms with Crippen molar-refractivity contribution in [3.05, 3.63) is 77.4 Å². The van der Waals surface area contributed by atoms with Gasteiger partial charge in [0.2, 0.25) is 5.91 Å². The van der Waals surface area contributed by atoms with Crippen LogP contribution in [0.4, 0.5) is 5.69 Å². The molecule has 0 saturated heterocycles. The van der Waals surface area contributed by atoms with Gasteiger partial charge in [0.1, 0.15) is 5.60 Å². The molecule has 2 N–H and O–H groups in total. The minimum atomic E-state index is -1.09. The second-order valence-corrected chi connectivity index (χ2v) is 9.25. The first-order valence-electron chi connectivity index (χ1n) is 9.78. The first kappa shape index (κ1) is 21.3. The molecule has 2 aromatic heterocycles. The van der Waals surface area contributed by atoms with Crippen molar-refractivity contribution < 1.29 is 9.90 Å². The molecule has 0 spiro atoms. The molecule has 0 unspecified atom stereocenters. The summed E-state index contributed by atoms with van der Waals surface area (Å²) in [4.78, 5) is 13.4. The summed E-state index contributed by atoms with van der Waals surface area (Å²) in [5.74, 6) is -0.105. The van der Waals surface area contributed by atoms with E-state index in [4.69, 9.17) is 11.6 Å². The van der Waals surface area contributed by atoms with Crippen LogP contribution in [0.5, 0.6) is 0 Å². The highest BCUT2D eigenvalue weighted by atomic mass is 35.5. The van der Waals surface area contributed by atoms with Gasteiger partial charge in [0.25, 0.3) is 0 Å². The summed E-state index contributed by atoms with van der Waals surface area (Å²) in [6, 6.07) is 21.2. The zero-order chi connectivity index (χ0) is 22.2. The molecular formula is C24H22ClN3O2S. The molecule has 158 valence electrons. The number of nitrogens with zero attached hydrogens (tertiary/aromatic N) is 2. The van der Waals surface area contributed by atoms with Crippen LogP contribution in [0.2, 0.25) is 5.02 Å².